The van der Waals surface area contributed by atoms with E-state index in [0.29, 0.717) is 13.1 Å². The van der Waals surface area contributed by atoms with Gasteiger partial charge in [-0.2, -0.15) is 0 Å². The third-order valence-electron chi connectivity index (χ3n) is 4.90. The summed E-state index contributed by atoms with van der Waals surface area (Å²) in [6.45, 7) is 8.27. The molecule has 0 radical (unpaired) electrons. The molecule has 1 aliphatic heterocycles. The quantitative estimate of drug-likeness (QED) is 0.232. The minimum absolute atomic E-state index is 0. The highest BCUT2D eigenvalue weighted by molar-refractivity contribution is 14.0. The average molecular weight is 542 g/mol. The van der Waals surface area contributed by atoms with E-state index in [1.54, 1.807) is 18.4 Å². The number of benzene rings is 1. The lowest BCUT2D eigenvalue weighted by Crippen LogP contribution is -2.38. The molecule has 2 heterocycles. The number of nitrogens with one attached hydrogen (secondary N) is 1. The summed E-state index contributed by atoms with van der Waals surface area (Å²) in [6, 6.07) is 8.70. The molecule has 0 spiro atoms. The molecule has 30 heavy (non-hydrogen) atoms. The second kappa shape index (κ2) is 12.3. The molecule has 2 aromatic rings. The molecule has 1 aliphatic rings. The van der Waals surface area contributed by atoms with E-state index in [2.05, 4.69) is 68.8 Å². The molecular formula is C22H32IN5OS. The van der Waals surface area contributed by atoms with Gasteiger partial charge >= 0.3 is 0 Å². The van der Waals surface area contributed by atoms with Crippen molar-refractivity contribution < 1.29 is 4.74 Å². The third-order valence-corrected chi connectivity index (χ3v) is 5.95. The first-order valence-corrected chi connectivity index (χ1v) is 10.9. The fourth-order valence-corrected chi connectivity index (χ4v) is 3.98. The van der Waals surface area contributed by atoms with E-state index in [1.807, 2.05) is 14.0 Å². The largest absolute Gasteiger partial charge is 0.375 e. The minimum atomic E-state index is 0. The first-order valence-electron chi connectivity index (χ1n) is 10.1. The van der Waals surface area contributed by atoms with Crippen molar-refractivity contribution in [1.82, 2.24) is 15.2 Å². The van der Waals surface area contributed by atoms with Gasteiger partial charge < -0.3 is 19.9 Å². The summed E-state index contributed by atoms with van der Waals surface area (Å²) in [7, 11) is 3.76. The van der Waals surface area contributed by atoms with Crippen molar-refractivity contribution >= 4 is 47.0 Å². The van der Waals surface area contributed by atoms with Crippen molar-refractivity contribution in [2.45, 2.75) is 33.0 Å². The van der Waals surface area contributed by atoms with Crippen molar-refractivity contribution in [1.29, 1.82) is 0 Å². The molecule has 0 saturated carbocycles. The Morgan fingerprint density at radius 3 is 2.63 bits per heavy atom. The normalized spacial score (nSPS) is 14.5. The number of thiazole rings is 1. The number of hydrogen-bond acceptors (Lipinski definition) is 5. The molecule has 8 heteroatoms. The monoisotopic (exact) mass is 541 g/mol. The fraction of sp³-hybridized carbons (Fsp3) is 0.455. The van der Waals surface area contributed by atoms with E-state index >= 15 is 0 Å². The number of aliphatic imine (C=N–C) groups is 1. The van der Waals surface area contributed by atoms with Crippen molar-refractivity contribution in [2.75, 3.05) is 38.7 Å². The Bertz CT molecular complexity index is 828. The number of nitrogens with zero attached hydrogens (tertiary/aromatic N) is 4. The Labute approximate surface area is 201 Å². The lowest BCUT2D eigenvalue weighted by molar-refractivity contribution is 0.119. The van der Waals surface area contributed by atoms with Crippen LogP contribution in [0.25, 0.3) is 0 Å². The zero-order chi connectivity index (χ0) is 20.6. The number of rotatable bonds is 8. The van der Waals surface area contributed by atoms with Crippen LogP contribution in [0, 0.1) is 0 Å². The van der Waals surface area contributed by atoms with Crippen molar-refractivity contribution in [3.63, 3.8) is 0 Å². The van der Waals surface area contributed by atoms with Gasteiger partial charge in [-0.3, -0.25) is 0 Å². The van der Waals surface area contributed by atoms with E-state index < -0.39 is 0 Å². The molecule has 0 bridgehead atoms. The second-order valence-corrected chi connectivity index (χ2v) is 8.01. The Balaban J connectivity index is 0.00000320. The second-order valence-electron chi connectivity index (χ2n) is 7.12. The highest BCUT2D eigenvalue weighted by Crippen LogP contribution is 2.21. The van der Waals surface area contributed by atoms with Crippen LogP contribution in [0.4, 0.5) is 5.69 Å². The van der Waals surface area contributed by atoms with Gasteiger partial charge in [0.1, 0.15) is 11.1 Å². The smallest absolute Gasteiger partial charge is 0.194 e. The van der Waals surface area contributed by atoms with Crippen LogP contribution in [0.2, 0.25) is 0 Å². The molecule has 0 saturated heterocycles. The van der Waals surface area contributed by atoms with Gasteiger partial charge in [0, 0.05) is 44.9 Å². The van der Waals surface area contributed by atoms with Crippen LogP contribution in [-0.4, -0.2) is 49.6 Å². The number of ether oxygens (including phenoxy) is 1. The molecule has 1 atom stereocenters. The summed E-state index contributed by atoms with van der Waals surface area (Å²) in [5.74, 6) is 0.884. The maximum absolute atomic E-state index is 5.36. The van der Waals surface area contributed by atoms with Gasteiger partial charge in [-0.15, -0.1) is 35.3 Å². The molecule has 6 nitrogen and oxygen atoms in total. The first kappa shape index (κ1) is 24.6. The van der Waals surface area contributed by atoms with Gasteiger partial charge in [0.2, 0.25) is 0 Å². The van der Waals surface area contributed by atoms with E-state index in [-0.39, 0.29) is 30.1 Å². The van der Waals surface area contributed by atoms with Gasteiger partial charge in [0.05, 0.1) is 18.8 Å². The highest BCUT2D eigenvalue weighted by atomic mass is 127. The predicted octanol–water partition coefficient (Wildman–Crippen LogP) is 4.44. The van der Waals surface area contributed by atoms with Gasteiger partial charge in [0.25, 0.3) is 0 Å². The molecule has 1 unspecified atom stereocenters. The molecule has 164 valence electrons. The number of guanidine groups is 1. The maximum Gasteiger partial charge on any atom is 0.194 e. The zero-order valence-corrected chi connectivity index (χ0v) is 21.3. The lowest BCUT2D eigenvalue weighted by Gasteiger charge is -2.21. The van der Waals surface area contributed by atoms with Gasteiger partial charge in [-0.25, -0.2) is 9.98 Å². The van der Waals surface area contributed by atoms with Gasteiger partial charge in [-0.1, -0.05) is 24.3 Å². The Kier molecular flexibility index (Phi) is 10.1. The number of halogens is 1. The number of anilines is 1. The first-order chi connectivity index (χ1) is 14.1. The summed E-state index contributed by atoms with van der Waals surface area (Å²) in [6.07, 6.45) is 4.44. The molecule has 0 amide bonds. The van der Waals surface area contributed by atoms with E-state index in [0.717, 1.165) is 36.3 Å². The molecule has 1 N–H and O–H groups in total. The maximum atomic E-state index is 5.36. The lowest BCUT2D eigenvalue weighted by atomic mass is 10.2. The van der Waals surface area contributed by atoms with Crippen LogP contribution in [0.15, 0.2) is 46.8 Å². The number of aromatic nitrogens is 1. The fourth-order valence-electron chi connectivity index (χ4n) is 3.14. The topological polar surface area (TPSA) is 53.0 Å². The standard InChI is InChI=1S/C22H31N5OS.HI/c1-5-23-22(26(3)15-19-16-29-21(25-19)17(2)28-4)24-14-18-8-10-20(11-9-18)27-12-6-7-13-27;/h6-11,16-17H,5,12-15H2,1-4H3,(H,23,24);1H. The van der Waals surface area contributed by atoms with E-state index in [1.165, 1.54) is 11.3 Å². The molecule has 3 rings (SSSR count). The van der Waals surface area contributed by atoms with Crippen LogP contribution >= 0.6 is 35.3 Å². The average Bonchev–Trinajstić information content (AvgIpc) is 3.43. The Morgan fingerprint density at radius 1 is 1.30 bits per heavy atom. The van der Waals surface area contributed by atoms with Crippen molar-refractivity contribution in [2.24, 2.45) is 4.99 Å². The third kappa shape index (κ3) is 6.68. The summed E-state index contributed by atoms with van der Waals surface area (Å²) in [5, 5.41) is 6.48. The summed E-state index contributed by atoms with van der Waals surface area (Å²) < 4.78 is 5.36. The summed E-state index contributed by atoms with van der Waals surface area (Å²) >= 11 is 1.64. The number of hydrogen-bond donors (Lipinski definition) is 1. The SMILES string of the molecule is CCNC(=NCc1ccc(N2CC=CC2)cc1)N(C)Cc1csc(C(C)OC)n1.I. The van der Waals surface area contributed by atoms with Gasteiger partial charge in [0.15, 0.2) is 5.96 Å². The molecule has 0 aliphatic carbocycles. The minimum Gasteiger partial charge on any atom is -0.375 e. The molecule has 1 aromatic heterocycles. The van der Waals surface area contributed by atoms with Crippen LogP contribution in [-0.2, 0) is 17.8 Å². The Hall–Kier alpha value is -1.65. The van der Waals surface area contributed by atoms with Crippen molar-refractivity contribution in [3.05, 3.63) is 58.1 Å². The highest BCUT2D eigenvalue weighted by Gasteiger charge is 2.13. The van der Waals surface area contributed by atoms with Crippen LogP contribution in [0.1, 0.15) is 36.2 Å². The van der Waals surface area contributed by atoms with E-state index in [4.69, 9.17) is 9.73 Å². The van der Waals surface area contributed by atoms with E-state index in [9.17, 15) is 0 Å². The molecular weight excluding hydrogens is 509 g/mol. The summed E-state index contributed by atoms with van der Waals surface area (Å²) in [5.41, 5.74) is 3.50. The van der Waals surface area contributed by atoms with Crippen LogP contribution < -0.4 is 10.2 Å². The zero-order valence-electron chi connectivity index (χ0n) is 18.2. The van der Waals surface area contributed by atoms with Crippen LogP contribution in [0.3, 0.4) is 0 Å². The van der Waals surface area contributed by atoms with Crippen molar-refractivity contribution in [3.8, 4) is 0 Å². The molecule has 0 fully saturated rings. The van der Waals surface area contributed by atoms with Gasteiger partial charge in [-0.05, 0) is 31.5 Å². The summed E-state index contributed by atoms with van der Waals surface area (Å²) in [4.78, 5) is 14.0. The van der Waals surface area contributed by atoms with Crippen LogP contribution in [0.5, 0.6) is 0 Å². The number of methoxy groups -OCH3 is 1. The molecule has 1 aromatic carbocycles. The predicted molar refractivity (Wildman–Crippen MR) is 137 cm³/mol. The Morgan fingerprint density at radius 2 is 2.00 bits per heavy atom.